The number of non-ortho nitro benzene ring substituents is 1. The summed E-state index contributed by atoms with van der Waals surface area (Å²) in [7, 11) is 3.64. The van der Waals surface area contributed by atoms with Gasteiger partial charge in [0.25, 0.3) is 11.6 Å². The van der Waals surface area contributed by atoms with Crippen LogP contribution in [-0.4, -0.2) is 24.9 Å². The molecule has 0 saturated carbocycles. The molecule has 0 aliphatic rings. The second kappa shape index (κ2) is 6.85. The lowest BCUT2D eigenvalue weighted by molar-refractivity contribution is -0.384. The number of nitrogens with one attached hydrogen (secondary N) is 1. The van der Waals surface area contributed by atoms with E-state index in [4.69, 9.17) is 23.2 Å². The molecule has 1 N–H and O–H groups in total. The zero-order valence-corrected chi connectivity index (χ0v) is 13.9. The molecule has 0 radical (unpaired) electrons. The number of carbonyl (C=O) groups is 1. The number of benzene rings is 2. The second-order valence-corrected chi connectivity index (χ2v) is 5.77. The fourth-order valence-electron chi connectivity index (χ4n) is 1.99. The van der Waals surface area contributed by atoms with E-state index in [-0.39, 0.29) is 16.3 Å². The number of rotatable bonds is 4. The Morgan fingerprint density at radius 2 is 1.87 bits per heavy atom. The fraction of sp³-hybridized carbons (Fsp3) is 0.133. The van der Waals surface area contributed by atoms with E-state index in [0.29, 0.717) is 10.7 Å². The Balaban J connectivity index is 2.38. The topological polar surface area (TPSA) is 75.5 Å². The average molecular weight is 354 g/mol. The van der Waals surface area contributed by atoms with Gasteiger partial charge in [-0.3, -0.25) is 14.9 Å². The standard InChI is InChI=1S/C15H13Cl2N3O3/c1-19(2)14-6-3-9(16)7-13(14)18-15(21)11-8-10(20(22)23)4-5-12(11)17/h3-8H,1-2H3,(H,18,21). The Bertz CT molecular complexity index is 779. The number of carbonyl (C=O) groups excluding carboxylic acids is 1. The molecule has 0 aromatic heterocycles. The predicted molar refractivity (Wildman–Crippen MR) is 91.8 cm³/mol. The summed E-state index contributed by atoms with van der Waals surface area (Å²) >= 11 is 11.9. The van der Waals surface area contributed by atoms with Crippen molar-refractivity contribution in [2.75, 3.05) is 24.3 Å². The smallest absolute Gasteiger partial charge is 0.270 e. The van der Waals surface area contributed by atoms with E-state index in [1.807, 2.05) is 14.1 Å². The van der Waals surface area contributed by atoms with Gasteiger partial charge in [-0.05, 0) is 24.3 Å². The monoisotopic (exact) mass is 353 g/mol. The zero-order valence-electron chi connectivity index (χ0n) is 12.3. The summed E-state index contributed by atoms with van der Waals surface area (Å²) in [5, 5.41) is 14.1. The molecule has 0 spiro atoms. The first kappa shape index (κ1) is 17.1. The number of nitro groups is 1. The first-order chi connectivity index (χ1) is 10.8. The molecule has 2 rings (SSSR count). The van der Waals surface area contributed by atoms with Crippen LogP contribution in [-0.2, 0) is 0 Å². The molecular weight excluding hydrogens is 341 g/mol. The van der Waals surface area contributed by atoms with Crippen molar-refractivity contribution in [2.45, 2.75) is 0 Å². The van der Waals surface area contributed by atoms with E-state index in [0.717, 1.165) is 11.8 Å². The van der Waals surface area contributed by atoms with Crippen LogP contribution in [0.2, 0.25) is 10.0 Å². The molecule has 0 heterocycles. The normalized spacial score (nSPS) is 10.3. The molecule has 0 atom stereocenters. The molecular formula is C15H13Cl2N3O3. The van der Waals surface area contributed by atoms with E-state index >= 15 is 0 Å². The lowest BCUT2D eigenvalue weighted by Crippen LogP contribution is -2.17. The van der Waals surface area contributed by atoms with Crippen LogP contribution in [0.1, 0.15) is 10.4 Å². The van der Waals surface area contributed by atoms with Crippen LogP contribution in [0.4, 0.5) is 17.1 Å². The molecule has 2 aromatic rings. The van der Waals surface area contributed by atoms with Crippen molar-refractivity contribution in [3.63, 3.8) is 0 Å². The van der Waals surface area contributed by atoms with Crippen LogP contribution in [0.25, 0.3) is 0 Å². The first-order valence-corrected chi connectivity index (χ1v) is 7.27. The number of hydrogen-bond donors (Lipinski definition) is 1. The average Bonchev–Trinajstić information content (AvgIpc) is 2.46. The highest BCUT2D eigenvalue weighted by atomic mass is 35.5. The van der Waals surface area contributed by atoms with E-state index in [1.54, 1.807) is 23.1 Å². The third kappa shape index (κ3) is 3.91. The fourth-order valence-corrected chi connectivity index (χ4v) is 2.36. The summed E-state index contributed by atoms with van der Waals surface area (Å²) in [6.45, 7) is 0. The summed E-state index contributed by atoms with van der Waals surface area (Å²) in [5.41, 5.74) is 1.03. The number of amides is 1. The number of halogens is 2. The van der Waals surface area contributed by atoms with Crippen molar-refractivity contribution in [3.8, 4) is 0 Å². The molecule has 0 bridgehead atoms. The predicted octanol–water partition coefficient (Wildman–Crippen LogP) is 4.22. The van der Waals surface area contributed by atoms with Gasteiger partial charge in [-0.1, -0.05) is 23.2 Å². The molecule has 8 heteroatoms. The SMILES string of the molecule is CN(C)c1ccc(Cl)cc1NC(=O)c1cc([N+](=O)[O-])ccc1Cl. The Labute approximate surface area is 142 Å². The molecule has 1 amide bonds. The molecule has 2 aromatic carbocycles. The maximum absolute atomic E-state index is 12.4. The maximum atomic E-state index is 12.4. The minimum atomic E-state index is -0.586. The summed E-state index contributed by atoms with van der Waals surface area (Å²) in [6.07, 6.45) is 0. The molecule has 120 valence electrons. The van der Waals surface area contributed by atoms with E-state index in [1.165, 1.54) is 12.1 Å². The highest BCUT2D eigenvalue weighted by molar-refractivity contribution is 6.34. The first-order valence-electron chi connectivity index (χ1n) is 6.51. The quantitative estimate of drug-likeness (QED) is 0.659. The van der Waals surface area contributed by atoms with Gasteiger partial charge in [0.15, 0.2) is 0 Å². The Morgan fingerprint density at radius 1 is 1.17 bits per heavy atom. The number of nitrogens with zero attached hydrogens (tertiary/aromatic N) is 2. The molecule has 0 aliphatic carbocycles. The van der Waals surface area contributed by atoms with Crippen molar-refractivity contribution in [1.82, 2.24) is 0 Å². The Morgan fingerprint density at radius 3 is 2.48 bits per heavy atom. The van der Waals surface area contributed by atoms with Gasteiger partial charge in [0.05, 0.1) is 26.9 Å². The van der Waals surface area contributed by atoms with Gasteiger partial charge in [-0.25, -0.2) is 0 Å². The molecule has 23 heavy (non-hydrogen) atoms. The van der Waals surface area contributed by atoms with Gasteiger partial charge in [0.2, 0.25) is 0 Å². The lowest BCUT2D eigenvalue weighted by Gasteiger charge is -2.18. The van der Waals surface area contributed by atoms with Gasteiger partial charge < -0.3 is 10.2 Å². The Hall–Kier alpha value is -2.31. The number of hydrogen-bond acceptors (Lipinski definition) is 4. The van der Waals surface area contributed by atoms with E-state index in [9.17, 15) is 14.9 Å². The van der Waals surface area contributed by atoms with Crippen molar-refractivity contribution < 1.29 is 9.72 Å². The summed E-state index contributed by atoms with van der Waals surface area (Å²) < 4.78 is 0. The second-order valence-electron chi connectivity index (χ2n) is 4.93. The van der Waals surface area contributed by atoms with Crippen molar-refractivity contribution in [3.05, 3.63) is 62.1 Å². The number of nitro benzene ring substituents is 1. The van der Waals surface area contributed by atoms with Crippen LogP contribution >= 0.6 is 23.2 Å². The molecule has 0 aliphatic heterocycles. The van der Waals surface area contributed by atoms with Gasteiger partial charge in [0, 0.05) is 31.3 Å². The minimum absolute atomic E-state index is 0.0190. The van der Waals surface area contributed by atoms with Crippen LogP contribution in [0.15, 0.2) is 36.4 Å². The zero-order chi connectivity index (χ0) is 17.1. The maximum Gasteiger partial charge on any atom is 0.270 e. The van der Waals surface area contributed by atoms with Crippen LogP contribution in [0.5, 0.6) is 0 Å². The largest absolute Gasteiger partial charge is 0.376 e. The lowest BCUT2D eigenvalue weighted by atomic mass is 10.1. The molecule has 0 saturated heterocycles. The third-order valence-corrected chi connectivity index (χ3v) is 3.66. The number of anilines is 2. The minimum Gasteiger partial charge on any atom is -0.376 e. The summed E-state index contributed by atoms with van der Waals surface area (Å²) in [4.78, 5) is 24.5. The highest BCUT2D eigenvalue weighted by Gasteiger charge is 2.17. The molecule has 0 fully saturated rings. The van der Waals surface area contributed by atoms with Gasteiger partial charge in [0.1, 0.15) is 0 Å². The van der Waals surface area contributed by atoms with Crippen molar-refractivity contribution in [1.29, 1.82) is 0 Å². The van der Waals surface area contributed by atoms with Crippen molar-refractivity contribution in [2.24, 2.45) is 0 Å². The van der Waals surface area contributed by atoms with Gasteiger partial charge in [-0.2, -0.15) is 0 Å². The highest BCUT2D eigenvalue weighted by Crippen LogP contribution is 2.29. The van der Waals surface area contributed by atoms with Crippen LogP contribution in [0, 0.1) is 10.1 Å². The summed E-state index contributed by atoms with van der Waals surface area (Å²) in [6, 6.07) is 8.75. The van der Waals surface area contributed by atoms with E-state index in [2.05, 4.69) is 5.32 Å². The molecule has 0 unspecified atom stereocenters. The Kier molecular flexibility index (Phi) is 5.08. The van der Waals surface area contributed by atoms with E-state index < -0.39 is 10.8 Å². The van der Waals surface area contributed by atoms with Gasteiger partial charge in [-0.15, -0.1) is 0 Å². The van der Waals surface area contributed by atoms with Gasteiger partial charge >= 0.3 is 0 Å². The van der Waals surface area contributed by atoms with Crippen LogP contribution < -0.4 is 10.2 Å². The molecule has 6 nitrogen and oxygen atoms in total. The van der Waals surface area contributed by atoms with Crippen LogP contribution in [0.3, 0.4) is 0 Å². The van der Waals surface area contributed by atoms with Crippen molar-refractivity contribution >= 4 is 46.2 Å². The summed E-state index contributed by atoms with van der Waals surface area (Å²) in [5.74, 6) is -0.552. The third-order valence-electron chi connectivity index (χ3n) is 3.09.